The van der Waals surface area contributed by atoms with Crippen LogP contribution in [-0.4, -0.2) is 6.54 Å². The van der Waals surface area contributed by atoms with Gasteiger partial charge in [0.2, 0.25) is 0 Å². The molecule has 1 nitrogen and oxygen atoms in total. The molecular formula is C20H27N. The Morgan fingerprint density at radius 2 is 1.57 bits per heavy atom. The molecule has 0 bridgehead atoms. The molecule has 21 heavy (non-hydrogen) atoms. The fourth-order valence-electron chi connectivity index (χ4n) is 2.76. The van der Waals surface area contributed by atoms with Crippen molar-refractivity contribution in [1.82, 2.24) is 0 Å². The van der Waals surface area contributed by atoms with Crippen molar-refractivity contribution in [3.05, 3.63) is 70.8 Å². The second-order valence-corrected chi connectivity index (χ2v) is 6.33. The third kappa shape index (κ3) is 4.44. The third-order valence-corrected chi connectivity index (χ3v) is 4.27. The molecule has 0 radical (unpaired) electrons. The summed E-state index contributed by atoms with van der Waals surface area (Å²) < 4.78 is 0. The van der Waals surface area contributed by atoms with Crippen LogP contribution in [-0.2, 0) is 12.8 Å². The van der Waals surface area contributed by atoms with Crippen molar-refractivity contribution in [1.29, 1.82) is 0 Å². The predicted molar refractivity (Wildman–Crippen MR) is 91.7 cm³/mol. The van der Waals surface area contributed by atoms with Gasteiger partial charge < -0.3 is 5.73 Å². The SMILES string of the molecule is Cc1ccccc1CC(CN)Cc1ccc(C(C)C)cc1. The lowest BCUT2D eigenvalue weighted by Gasteiger charge is -2.17. The summed E-state index contributed by atoms with van der Waals surface area (Å²) in [5.74, 6) is 1.10. The Labute approximate surface area is 129 Å². The Morgan fingerprint density at radius 1 is 0.905 bits per heavy atom. The van der Waals surface area contributed by atoms with E-state index in [4.69, 9.17) is 5.73 Å². The quantitative estimate of drug-likeness (QED) is 0.830. The minimum absolute atomic E-state index is 0.510. The lowest BCUT2D eigenvalue weighted by atomic mass is 9.90. The van der Waals surface area contributed by atoms with Crippen LogP contribution >= 0.6 is 0 Å². The van der Waals surface area contributed by atoms with Crippen LogP contribution in [0.3, 0.4) is 0 Å². The molecule has 0 aliphatic rings. The molecule has 0 aliphatic heterocycles. The summed E-state index contributed by atoms with van der Waals surface area (Å²) in [6, 6.07) is 17.6. The molecule has 1 unspecified atom stereocenters. The van der Waals surface area contributed by atoms with Crippen LogP contribution in [0.4, 0.5) is 0 Å². The molecule has 1 heteroatoms. The summed E-state index contributed by atoms with van der Waals surface area (Å²) in [5, 5.41) is 0. The van der Waals surface area contributed by atoms with E-state index in [0.717, 1.165) is 19.4 Å². The first-order valence-corrected chi connectivity index (χ1v) is 7.93. The first-order chi connectivity index (χ1) is 10.1. The van der Waals surface area contributed by atoms with E-state index in [-0.39, 0.29) is 0 Å². The van der Waals surface area contributed by atoms with Crippen molar-refractivity contribution in [2.45, 2.75) is 39.5 Å². The molecule has 0 saturated carbocycles. The highest BCUT2D eigenvalue weighted by Gasteiger charge is 2.10. The summed E-state index contributed by atoms with van der Waals surface area (Å²) >= 11 is 0. The number of hydrogen-bond donors (Lipinski definition) is 1. The second-order valence-electron chi connectivity index (χ2n) is 6.33. The summed E-state index contributed by atoms with van der Waals surface area (Å²) in [4.78, 5) is 0. The van der Waals surface area contributed by atoms with E-state index in [1.165, 1.54) is 22.3 Å². The maximum atomic E-state index is 6.00. The van der Waals surface area contributed by atoms with Crippen LogP contribution in [0.5, 0.6) is 0 Å². The molecule has 2 aromatic carbocycles. The summed E-state index contributed by atoms with van der Waals surface area (Å²) in [5.41, 5.74) is 11.6. The van der Waals surface area contributed by atoms with Gasteiger partial charge in [-0.1, -0.05) is 62.4 Å². The molecule has 0 fully saturated rings. The lowest BCUT2D eigenvalue weighted by molar-refractivity contribution is 0.532. The lowest BCUT2D eigenvalue weighted by Crippen LogP contribution is -2.19. The van der Waals surface area contributed by atoms with Crippen LogP contribution in [0.25, 0.3) is 0 Å². The van der Waals surface area contributed by atoms with E-state index in [2.05, 4.69) is 69.3 Å². The maximum absolute atomic E-state index is 6.00. The zero-order chi connectivity index (χ0) is 15.2. The third-order valence-electron chi connectivity index (χ3n) is 4.27. The van der Waals surface area contributed by atoms with Gasteiger partial charge in [0.05, 0.1) is 0 Å². The van der Waals surface area contributed by atoms with Gasteiger partial charge in [-0.2, -0.15) is 0 Å². The van der Waals surface area contributed by atoms with Gasteiger partial charge in [-0.05, 0) is 60.4 Å². The van der Waals surface area contributed by atoms with Gasteiger partial charge in [0.15, 0.2) is 0 Å². The smallest absolute Gasteiger partial charge is 0.00425 e. The number of nitrogens with two attached hydrogens (primary N) is 1. The maximum Gasteiger partial charge on any atom is -0.00425 e. The first kappa shape index (κ1) is 15.8. The molecule has 0 aromatic heterocycles. The van der Waals surface area contributed by atoms with Crippen molar-refractivity contribution >= 4 is 0 Å². The number of hydrogen-bond acceptors (Lipinski definition) is 1. The van der Waals surface area contributed by atoms with Crippen LogP contribution in [0.1, 0.15) is 42.0 Å². The van der Waals surface area contributed by atoms with E-state index in [1.54, 1.807) is 0 Å². The topological polar surface area (TPSA) is 26.0 Å². The molecule has 0 aliphatic carbocycles. The molecule has 0 heterocycles. The molecule has 2 N–H and O–H groups in total. The number of rotatable bonds is 6. The molecule has 112 valence electrons. The van der Waals surface area contributed by atoms with Gasteiger partial charge in [-0.25, -0.2) is 0 Å². The van der Waals surface area contributed by atoms with Crippen molar-refractivity contribution in [3.63, 3.8) is 0 Å². The Hall–Kier alpha value is -1.60. The fraction of sp³-hybridized carbons (Fsp3) is 0.400. The highest BCUT2D eigenvalue weighted by atomic mass is 14.5. The van der Waals surface area contributed by atoms with Gasteiger partial charge in [0.25, 0.3) is 0 Å². The molecule has 0 amide bonds. The molecule has 0 saturated heterocycles. The zero-order valence-corrected chi connectivity index (χ0v) is 13.5. The van der Waals surface area contributed by atoms with Gasteiger partial charge in [-0.3, -0.25) is 0 Å². The summed E-state index contributed by atoms with van der Waals surface area (Å²) in [7, 11) is 0. The monoisotopic (exact) mass is 281 g/mol. The van der Waals surface area contributed by atoms with E-state index < -0.39 is 0 Å². The average Bonchev–Trinajstić information content (AvgIpc) is 2.49. The second kappa shape index (κ2) is 7.42. The van der Waals surface area contributed by atoms with Crippen molar-refractivity contribution in [3.8, 4) is 0 Å². The fourth-order valence-corrected chi connectivity index (χ4v) is 2.76. The van der Waals surface area contributed by atoms with Crippen molar-refractivity contribution in [2.24, 2.45) is 11.7 Å². The van der Waals surface area contributed by atoms with Crippen LogP contribution in [0.15, 0.2) is 48.5 Å². The summed E-state index contributed by atoms with van der Waals surface area (Å²) in [6.45, 7) is 7.38. The highest BCUT2D eigenvalue weighted by Crippen LogP contribution is 2.19. The normalized spacial score (nSPS) is 12.6. The predicted octanol–water partition coefficient (Wildman–Crippen LogP) is 4.48. The molecule has 2 aromatic rings. The van der Waals surface area contributed by atoms with E-state index in [1.807, 2.05) is 0 Å². The molecule has 0 spiro atoms. The first-order valence-electron chi connectivity index (χ1n) is 7.93. The van der Waals surface area contributed by atoms with Gasteiger partial charge in [0, 0.05) is 0 Å². The number of aryl methyl sites for hydroxylation is 1. The Bertz CT molecular complexity index is 554. The van der Waals surface area contributed by atoms with Crippen LogP contribution in [0.2, 0.25) is 0 Å². The Morgan fingerprint density at radius 3 is 2.14 bits per heavy atom. The molecular weight excluding hydrogens is 254 g/mol. The Balaban J connectivity index is 2.03. The minimum Gasteiger partial charge on any atom is -0.330 e. The van der Waals surface area contributed by atoms with Crippen LogP contribution in [0, 0.1) is 12.8 Å². The van der Waals surface area contributed by atoms with Crippen LogP contribution < -0.4 is 5.73 Å². The van der Waals surface area contributed by atoms with E-state index >= 15 is 0 Å². The molecule has 1 atom stereocenters. The number of benzene rings is 2. The standard InChI is InChI=1S/C20H27N/c1-15(2)19-10-8-17(9-11-19)12-18(14-21)13-20-7-5-4-6-16(20)3/h4-11,15,18H,12-14,21H2,1-3H3. The van der Waals surface area contributed by atoms with Crippen molar-refractivity contribution in [2.75, 3.05) is 6.54 Å². The van der Waals surface area contributed by atoms with Crippen molar-refractivity contribution < 1.29 is 0 Å². The average molecular weight is 281 g/mol. The summed E-state index contributed by atoms with van der Waals surface area (Å²) in [6.07, 6.45) is 2.12. The largest absolute Gasteiger partial charge is 0.330 e. The Kier molecular flexibility index (Phi) is 5.58. The van der Waals surface area contributed by atoms with Gasteiger partial charge in [-0.15, -0.1) is 0 Å². The minimum atomic E-state index is 0.510. The highest BCUT2D eigenvalue weighted by molar-refractivity contribution is 5.28. The molecule has 2 rings (SSSR count). The van der Waals surface area contributed by atoms with E-state index in [9.17, 15) is 0 Å². The van der Waals surface area contributed by atoms with E-state index in [0.29, 0.717) is 11.8 Å². The van der Waals surface area contributed by atoms with Gasteiger partial charge >= 0.3 is 0 Å². The zero-order valence-electron chi connectivity index (χ0n) is 13.5. The van der Waals surface area contributed by atoms with Gasteiger partial charge in [0.1, 0.15) is 0 Å².